The third kappa shape index (κ3) is 3.65. The second kappa shape index (κ2) is 7.12. The lowest BCUT2D eigenvalue weighted by Crippen LogP contribution is -2.13. The number of aromatic nitrogens is 5. The van der Waals surface area contributed by atoms with Gasteiger partial charge in [0.05, 0.1) is 11.1 Å². The maximum atomic E-state index is 13.2. The van der Waals surface area contributed by atoms with E-state index in [0.717, 1.165) is 24.5 Å². The fraction of sp³-hybridized carbons (Fsp3) is 0.250. The molecule has 1 saturated carbocycles. The van der Waals surface area contributed by atoms with Crippen molar-refractivity contribution in [2.75, 3.05) is 5.32 Å². The Morgan fingerprint density at radius 1 is 1.29 bits per heavy atom. The van der Waals surface area contributed by atoms with E-state index >= 15 is 0 Å². The van der Waals surface area contributed by atoms with Crippen molar-refractivity contribution in [2.45, 2.75) is 31.9 Å². The molecule has 1 aliphatic carbocycles. The highest BCUT2D eigenvalue weighted by atomic mass is 32.1. The number of fused-ring (bicyclic) bond motifs is 1. The Morgan fingerprint density at radius 3 is 2.77 bits per heavy atom. The first-order chi connectivity index (χ1) is 14.8. The Hall–Kier alpha value is -3.34. The number of carbonyl (C=O) groups is 1. The van der Waals surface area contributed by atoms with E-state index in [1.54, 1.807) is 25.4 Å². The second-order valence-electron chi connectivity index (χ2n) is 7.29. The topological polar surface area (TPSA) is 96.5 Å². The van der Waals surface area contributed by atoms with Crippen LogP contribution in [0.15, 0.2) is 30.6 Å². The molecule has 1 amide bonds. The molecular weight excluding hydrogens is 429 g/mol. The smallest absolute Gasteiger partial charge is 0.304 e. The van der Waals surface area contributed by atoms with Crippen molar-refractivity contribution in [3.8, 4) is 10.6 Å². The van der Waals surface area contributed by atoms with Crippen molar-refractivity contribution in [1.29, 1.82) is 0 Å². The molecule has 0 spiro atoms. The van der Waals surface area contributed by atoms with E-state index in [0.29, 0.717) is 26.5 Å². The van der Waals surface area contributed by atoms with E-state index in [9.17, 15) is 18.0 Å². The molecule has 0 bridgehead atoms. The zero-order valence-electron chi connectivity index (χ0n) is 16.1. The maximum absolute atomic E-state index is 13.2. The number of anilines is 1. The van der Waals surface area contributed by atoms with Gasteiger partial charge < -0.3 is 5.32 Å². The number of halogens is 3. The van der Waals surface area contributed by atoms with Gasteiger partial charge in [-0.2, -0.15) is 18.3 Å². The molecule has 4 aromatic rings. The van der Waals surface area contributed by atoms with Gasteiger partial charge in [0.1, 0.15) is 15.6 Å². The Morgan fingerprint density at radius 2 is 2.10 bits per heavy atom. The lowest BCUT2D eigenvalue weighted by Gasteiger charge is -2.10. The molecule has 11 heteroatoms. The summed E-state index contributed by atoms with van der Waals surface area (Å²) in [5.74, 6) is -0.263. The number of aryl methyl sites for hydroxylation is 1. The highest BCUT2D eigenvalue weighted by Gasteiger charge is 2.37. The summed E-state index contributed by atoms with van der Waals surface area (Å²) in [7, 11) is 0. The average Bonchev–Trinajstić information content (AvgIpc) is 3.40. The molecule has 31 heavy (non-hydrogen) atoms. The molecule has 158 valence electrons. The lowest BCUT2D eigenvalue weighted by atomic mass is 10.1. The van der Waals surface area contributed by atoms with Crippen LogP contribution in [0.25, 0.3) is 21.6 Å². The zero-order chi connectivity index (χ0) is 21.8. The minimum absolute atomic E-state index is 0.00201. The standard InChI is InChI=1S/C20H15F3N6OS/c1-9-15(31-19(25-9)11-3-2-6-24-8-11)18(30)27-17-14-12(10-4-5-10)7-13(20(21,22)23)26-16(14)28-29-17/h2-3,6-8,10H,4-5H2,1H3,(H2,26,27,28,29,30). The average molecular weight is 444 g/mol. The van der Waals surface area contributed by atoms with Gasteiger partial charge in [0.25, 0.3) is 5.91 Å². The summed E-state index contributed by atoms with van der Waals surface area (Å²) in [5.41, 5.74) is 0.867. The monoisotopic (exact) mass is 444 g/mol. The van der Waals surface area contributed by atoms with Crippen molar-refractivity contribution in [2.24, 2.45) is 0 Å². The first kappa shape index (κ1) is 19.6. The maximum Gasteiger partial charge on any atom is 0.433 e. The van der Waals surface area contributed by atoms with E-state index in [4.69, 9.17) is 0 Å². The molecule has 0 saturated heterocycles. The Kier molecular flexibility index (Phi) is 4.50. The van der Waals surface area contributed by atoms with Gasteiger partial charge in [0.2, 0.25) is 0 Å². The summed E-state index contributed by atoms with van der Waals surface area (Å²) in [6, 6.07) is 4.69. The fourth-order valence-electron chi connectivity index (χ4n) is 3.40. The predicted octanol–water partition coefficient (Wildman–Crippen LogP) is 4.93. The van der Waals surface area contributed by atoms with Crippen molar-refractivity contribution < 1.29 is 18.0 Å². The SMILES string of the molecule is Cc1nc(-c2cccnc2)sc1C(=O)Nc1n[nH]c2nc(C(F)(F)F)cc(C3CC3)c12. The first-order valence-electron chi connectivity index (χ1n) is 9.46. The molecule has 0 radical (unpaired) electrons. The van der Waals surface area contributed by atoms with Crippen LogP contribution in [0.2, 0.25) is 0 Å². The van der Waals surface area contributed by atoms with Crippen LogP contribution in [0, 0.1) is 6.92 Å². The predicted molar refractivity (Wildman–Crippen MR) is 109 cm³/mol. The molecule has 4 heterocycles. The van der Waals surface area contributed by atoms with Gasteiger partial charge >= 0.3 is 6.18 Å². The minimum Gasteiger partial charge on any atom is -0.304 e. The number of aromatic amines is 1. The Bertz CT molecular complexity index is 1290. The second-order valence-corrected chi connectivity index (χ2v) is 8.29. The number of amides is 1. The molecule has 0 unspecified atom stereocenters. The molecule has 4 aromatic heterocycles. The van der Waals surface area contributed by atoms with Gasteiger partial charge in [-0.05, 0) is 49.4 Å². The van der Waals surface area contributed by atoms with Crippen molar-refractivity contribution in [1.82, 2.24) is 25.1 Å². The van der Waals surface area contributed by atoms with Crippen LogP contribution in [0.1, 0.15) is 45.4 Å². The summed E-state index contributed by atoms with van der Waals surface area (Å²) in [6.45, 7) is 1.72. The molecule has 2 N–H and O–H groups in total. The Balaban J connectivity index is 1.50. The summed E-state index contributed by atoms with van der Waals surface area (Å²) in [4.78, 5) is 25.5. The van der Waals surface area contributed by atoms with Gasteiger partial charge in [0.15, 0.2) is 11.5 Å². The highest BCUT2D eigenvalue weighted by molar-refractivity contribution is 7.17. The van der Waals surface area contributed by atoms with Crippen LogP contribution in [0.4, 0.5) is 19.0 Å². The minimum atomic E-state index is -4.56. The molecule has 1 fully saturated rings. The van der Waals surface area contributed by atoms with E-state index in [-0.39, 0.29) is 17.4 Å². The number of hydrogen-bond donors (Lipinski definition) is 2. The third-order valence-electron chi connectivity index (χ3n) is 5.01. The van der Waals surface area contributed by atoms with Gasteiger partial charge in [-0.25, -0.2) is 9.97 Å². The summed E-state index contributed by atoms with van der Waals surface area (Å²) in [6.07, 6.45) is 0.326. The largest absolute Gasteiger partial charge is 0.433 e. The van der Waals surface area contributed by atoms with Crippen LogP contribution in [0.3, 0.4) is 0 Å². The van der Waals surface area contributed by atoms with Crippen LogP contribution in [-0.4, -0.2) is 31.1 Å². The number of rotatable bonds is 4. The number of hydrogen-bond acceptors (Lipinski definition) is 6. The number of nitrogens with zero attached hydrogens (tertiary/aromatic N) is 4. The number of nitrogens with one attached hydrogen (secondary N) is 2. The molecule has 0 aliphatic heterocycles. The van der Waals surface area contributed by atoms with E-state index < -0.39 is 17.8 Å². The lowest BCUT2D eigenvalue weighted by molar-refractivity contribution is -0.141. The van der Waals surface area contributed by atoms with Crippen LogP contribution >= 0.6 is 11.3 Å². The summed E-state index contributed by atoms with van der Waals surface area (Å²) in [5, 5.41) is 10.4. The van der Waals surface area contributed by atoms with Gasteiger partial charge in [-0.1, -0.05) is 0 Å². The van der Waals surface area contributed by atoms with Gasteiger partial charge in [-0.15, -0.1) is 11.3 Å². The number of H-pyrrole nitrogens is 1. The van der Waals surface area contributed by atoms with E-state index in [2.05, 4.69) is 30.5 Å². The zero-order valence-corrected chi connectivity index (χ0v) is 16.9. The van der Waals surface area contributed by atoms with Crippen LogP contribution < -0.4 is 5.32 Å². The fourth-order valence-corrected chi connectivity index (χ4v) is 4.35. The number of thiazole rings is 1. The van der Waals surface area contributed by atoms with Crippen molar-refractivity contribution >= 4 is 34.1 Å². The molecule has 0 atom stereocenters. The van der Waals surface area contributed by atoms with Crippen LogP contribution in [0.5, 0.6) is 0 Å². The van der Waals surface area contributed by atoms with Crippen molar-refractivity contribution in [3.63, 3.8) is 0 Å². The molecule has 5 rings (SSSR count). The molecule has 0 aromatic carbocycles. The van der Waals surface area contributed by atoms with Crippen LogP contribution in [-0.2, 0) is 6.18 Å². The quantitative estimate of drug-likeness (QED) is 0.465. The number of pyridine rings is 2. The highest BCUT2D eigenvalue weighted by Crippen LogP contribution is 2.46. The van der Waals surface area contributed by atoms with E-state index in [1.165, 1.54) is 11.3 Å². The van der Waals surface area contributed by atoms with E-state index in [1.807, 2.05) is 6.07 Å². The number of carbonyl (C=O) groups excluding carboxylic acids is 1. The molecule has 1 aliphatic rings. The Labute approximate surface area is 177 Å². The third-order valence-corrected chi connectivity index (χ3v) is 6.22. The summed E-state index contributed by atoms with van der Waals surface area (Å²) >= 11 is 1.21. The molecular formula is C20H15F3N6OS. The molecule has 7 nitrogen and oxygen atoms in total. The first-order valence-corrected chi connectivity index (χ1v) is 10.3. The van der Waals surface area contributed by atoms with Crippen molar-refractivity contribution in [3.05, 3.63) is 52.4 Å². The number of alkyl halides is 3. The van der Waals surface area contributed by atoms with Gasteiger partial charge in [0, 0.05) is 18.0 Å². The normalized spacial score (nSPS) is 14.2. The van der Waals surface area contributed by atoms with Gasteiger partial charge in [-0.3, -0.25) is 14.9 Å². The summed E-state index contributed by atoms with van der Waals surface area (Å²) < 4.78 is 39.7.